The zero-order valence-electron chi connectivity index (χ0n) is 11.8. The molecule has 0 N–H and O–H groups in total. The lowest BCUT2D eigenvalue weighted by Crippen LogP contribution is -1.97. The number of rotatable bonds is 3. The first-order valence-corrected chi connectivity index (χ1v) is 7.87. The van der Waals surface area contributed by atoms with Gasteiger partial charge in [-0.3, -0.25) is 0 Å². The van der Waals surface area contributed by atoms with Crippen LogP contribution in [0.15, 0.2) is 42.5 Å². The van der Waals surface area contributed by atoms with Crippen LogP contribution >= 0.6 is 15.9 Å². The summed E-state index contributed by atoms with van der Waals surface area (Å²) in [5, 5.41) is 0. The van der Waals surface area contributed by atoms with Gasteiger partial charge in [-0.2, -0.15) is 0 Å². The van der Waals surface area contributed by atoms with Gasteiger partial charge >= 0.3 is 0 Å². The Balaban J connectivity index is 1.86. The zero-order valence-corrected chi connectivity index (χ0v) is 13.4. The molecule has 0 spiro atoms. The average Bonchev–Trinajstić information content (AvgIpc) is 2.79. The maximum absolute atomic E-state index is 5.75. The molecule has 21 heavy (non-hydrogen) atoms. The molecule has 0 amide bonds. The monoisotopic (exact) mass is 348 g/mol. The second-order valence-electron chi connectivity index (χ2n) is 4.89. The van der Waals surface area contributed by atoms with Gasteiger partial charge in [0.25, 0.3) is 0 Å². The third kappa shape index (κ3) is 3.16. The highest BCUT2D eigenvalue weighted by Gasteiger charge is 2.15. The van der Waals surface area contributed by atoms with Gasteiger partial charge in [-0.15, -0.1) is 0 Å². The smallest absolute Gasteiger partial charge is 0.161 e. The lowest BCUT2D eigenvalue weighted by Gasteiger charge is -2.14. The first kappa shape index (κ1) is 14.3. The molecule has 2 aromatic rings. The minimum atomic E-state index is 0.112. The van der Waals surface area contributed by atoms with E-state index in [0.29, 0.717) is 13.2 Å². The number of methoxy groups -OCH3 is 1. The van der Waals surface area contributed by atoms with Crippen LogP contribution in [0.4, 0.5) is 0 Å². The van der Waals surface area contributed by atoms with Crippen molar-refractivity contribution in [1.82, 2.24) is 0 Å². The molecule has 4 heteroatoms. The molecule has 0 saturated heterocycles. The summed E-state index contributed by atoms with van der Waals surface area (Å²) in [7, 11) is 1.67. The van der Waals surface area contributed by atoms with Crippen molar-refractivity contribution in [2.75, 3.05) is 20.3 Å². The fourth-order valence-corrected chi connectivity index (χ4v) is 2.89. The Labute approximate surface area is 133 Å². The third-order valence-electron chi connectivity index (χ3n) is 3.47. The summed E-state index contributed by atoms with van der Waals surface area (Å²) >= 11 is 3.75. The molecular weight excluding hydrogens is 332 g/mol. The fourth-order valence-electron chi connectivity index (χ4n) is 2.30. The van der Waals surface area contributed by atoms with Gasteiger partial charge in [-0.05, 0) is 35.4 Å². The Kier molecular flexibility index (Phi) is 4.34. The predicted octanol–water partition coefficient (Wildman–Crippen LogP) is 4.34. The van der Waals surface area contributed by atoms with Crippen LogP contribution < -0.4 is 14.2 Å². The second-order valence-corrected chi connectivity index (χ2v) is 5.81. The summed E-state index contributed by atoms with van der Waals surface area (Å²) < 4.78 is 16.6. The van der Waals surface area contributed by atoms with Crippen molar-refractivity contribution >= 4 is 15.9 Å². The highest BCUT2D eigenvalue weighted by atomic mass is 79.9. The van der Waals surface area contributed by atoms with E-state index in [0.717, 1.165) is 29.2 Å². The van der Waals surface area contributed by atoms with Crippen LogP contribution in [0.5, 0.6) is 17.2 Å². The highest BCUT2D eigenvalue weighted by Crippen LogP contribution is 2.37. The van der Waals surface area contributed by atoms with E-state index >= 15 is 0 Å². The summed E-state index contributed by atoms with van der Waals surface area (Å²) in [6.07, 6.45) is 0.917. The van der Waals surface area contributed by atoms with Crippen molar-refractivity contribution in [1.29, 1.82) is 0 Å². The summed E-state index contributed by atoms with van der Waals surface area (Å²) in [6.45, 7) is 1.41. The largest absolute Gasteiger partial charge is 0.497 e. The number of hydrogen-bond donors (Lipinski definition) is 0. The van der Waals surface area contributed by atoms with Gasteiger partial charge in [-0.25, -0.2) is 0 Å². The molecule has 0 bridgehead atoms. The van der Waals surface area contributed by atoms with E-state index in [1.807, 2.05) is 24.3 Å². The van der Waals surface area contributed by atoms with Crippen molar-refractivity contribution < 1.29 is 14.2 Å². The number of ether oxygens (including phenoxy) is 3. The highest BCUT2D eigenvalue weighted by molar-refractivity contribution is 9.09. The van der Waals surface area contributed by atoms with Crippen LogP contribution in [0.1, 0.15) is 22.4 Å². The van der Waals surface area contributed by atoms with Crippen LogP contribution in [0.3, 0.4) is 0 Å². The average molecular weight is 349 g/mol. The Morgan fingerprint density at radius 1 is 0.952 bits per heavy atom. The number of hydrogen-bond acceptors (Lipinski definition) is 3. The number of benzene rings is 2. The first-order chi connectivity index (χ1) is 10.3. The van der Waals surface area contributed by atoms with E-state index in [4.69, 9.17) is 14.2 Å². The van der Waals surface area contributed by atoms with E-state index in [9.17, 15) is 0 Å². The minimum absolute atomic E-state index is 0.112. The second kappa shape index (κ2) is 6.39. The molecule has 1 heterocycles. The maximum atomic E-state index is 5.75. The summed E-state index contributed by atoms with van der Waals surface area (Å²) in [5.41, 5.74) is 2.31. The molecule has 0 fully saturated rings. The topological polar surface area (TPSA) is 27.7 Å². The van der Waals surface area contributed by atoms with Crippen molar-refractivity contribution in [3.05, 3.63) is 53.6 Å². The van der Waals surface area contributed by atoms with E-state index in [1.165, 1.54) is 5.56 Å². The molecule has 110 valence electrons. The van der Waals surface area contributed by atoms with Gasteiger partial charge < -0.3 is 14.2 Å². The SMILES string of the molecule is COc1ccc(C(Br)c2ccc3c(c2)OCCCO3)cc1. The molecule has 0 aliphatic carbocycles. The van der Waals surface area contributed by atoms with Crippen LogP contribution in [0, 0.1) is 0 Å². The minimum Gasteiger partial charge on any atom is -0.497 e. The summed E-state index contributed by atoms with van der Waals surface area (Å²) in [4.78, 5) is 0.112. The zero-order chi connectivity index (χ0) is 14.7. The molecule has 0 saturated carbocycles. The molecule has 0 aromatic heterocycles. The fraction of sp³-hybridized carbons (Fsp3) is 0.294. The molecule has 1 aliphatic heterocycles. The van der Waals surface area contributed by atoms with Crippen molar-refractivity contribution in [3.63, 3.8) is 0 Å². The predicted molar refractivity (Wildman–Crippen MR) is 85.8 cm³/mol. The lowest BCUT2D eigenvalue weighted by molar-refractivity contribution is 0.297. The van der Waals surface area contributed by atoms with Gasteiger partial charge in [0.05, 0.1) is 25.2 Å². The van der Waals surface area contributed by atoms with Gasteiger partial charge in [0.1, 0.15) is 5.75 Å². The standard InChI is InChI=1S/C17H17BrO3/c1-19-14-6-3-12(4-7-14)17(18)13-5-8-15-16(11-13)21-10-2-9-20-15/h3-8,11,17H,2,9-10H2,1H3. The molecule has 3 rings (SSSR count). The van der Waals surface area contributed by atoms with Crippen LogP contribution in [-0.2, 0) is 0 Å². The lowest BCUT2D eigenvalue weighted by atomic mass is 10.0. The molecule has 1 unspecified atom stereocenters. The van der Waals surface area contributed by atoms with E-state index in [-0.39, 0.29) is 4.83 Å². The number of alkyl halides is 1. The van der Waals surface area contributed by atoms with Crippen molar-refractivity contribution in [2.24, 2.45) is 0 Å². The molecular formula is C17H17BrO3. The Morgan fingerprint density at radius 3 is 2.33 bits per heavy atom. The van der Waals surface area contributed by atoms with E-state index in [1.54, 1.807) is 7.11 Å². The molecule has 1 aliphatic rings. The number of halogens is 1. The van der Waals surface area contributed by atoms with Gasteiger partial charge in [0.15, 0.2) is 11.5 Å². The molecule has 0 radical (unpaired) electrons. The first-order valence-electron chi connectivity index (χ1n) is 6.95. The van der Waals surface area contributed by atoms with Gasteiger partial charge in [0.2, 0.25) is 0 Å². The third-order valence-corrected chi connectivity index (χ3v) is 4.53. The van der Waals surface area contributed by atoms with Crippen LogP contribution in [0.25, 0.3) is 0 Å². The van der Waals surface area contributed by atoms with Crippen molar-refractivity contribution in [2.45, 2.75) is 11.2 Å². The normalized spacial score (nSPS) is 15.1. The Morgan fingerprint density at radius 2 is 1.62 bits per heavy atom. The summed E-state index contributed by atoms with van der Waals surface area (Å²) in [5.74, 6) is 2.51. The maximum Gasteiger partial charge on any atom is 0.161 e. The van der Waals surface area contributed by atoms with E-state index < -0.39 is 0 Å². The molecule has 1 atom stereocenters. The number of fused-ring (bicyclic) bond motifs is 1. The Bertz CT molecular complexity index is 610. The molecule has 3 nitrogen and oxygen atoms in total. The van der Waals surface area contributed by atoms with Gasteiger partial charge in [0, 0.05) is 6.42 Å². The molecule has 2 aromatic carbocycles. The van der Waals surface area contributed by atoms with Crippen LogP contribution in [0.2, 0.25) is 0 Å². The quantitative estimate of drug-likeness (QED) is 0.772. The summed E-state index contributed by atoms with van der Waals surface area (Å²) in [6, 6.07) is 14.1. The van der Waals surface area contributed by atoms with Crippen molar-refractivity contribution in [3.8, 4) is 17.2 Å². The van der Waals surface area contributed by atoms with E-state index in [2.05, 4.69) is 34.1 Å². The van der Waals surface area contributed by atoms with Gasteiger partial charge in [-0.1, -0.05) is 34.1 Å². The van der Waals surface area contributed by atoms with Crippen LogP contribution in [-0.4, -0.2) is 20.3 Å². The Hall–Kier alpha value is -1.68.